The summed E-state index contributed by atoms with van der Waals surface area (Å²) in [6.07, 6.45) is 11.7. The summed E-state index contributed by atoms with van der Waals surface area (Å²) in [5.74, 6) is 5.71. The van der Waals surface area contributed by atoms with Gasteiger partial charge in [-0.2, -0.15) is 0 Å². The molecule has 0 bridgehead atoms. The quantitative estimate of drug-likeness (QED) is 0.439. The normalized spacial score (nSPS) is 33.2. The predicted molar refractivity (Wildman–Crippen MR) is 65.8 cm³/mol. The van der Waals surface area contributed by atoms with Crippen LogP contribution < -0.4 is 11.3 Å². The SMILES string of the molecule is CC1CCC(C(NN)C2=CCCCCC2)O1. The Morgan fingerprint density at radius 2 is 2.25 bits per heavy atom. The first-order chi connectivity index (χ1) is 7.81. The highest BCUT2D eigenvalue weighted by atomic mass is 16.5. The molecule has 1 aliphatic carbocycles. The third-order valence-corrected chi connectivity index (χ3v) is 3.79. The van der Waals surface area contributed by atoms with Crippen LogP contribution in [0.2, 0.25) is 0 Å². The lowest BCUT2D eigenvalue weighted by molar-refractivity contribution is 0.0389. The summed E-state index contributed by atoms with van der Waals surface area (Å²) in [7, 11) is 0. The molecule has 16 heavy (non-hydrogen) atoms. The van der Waals surface area contributed by atoms with E-state index in [4.69, 9.17) is 10.6 Å². The van der Waals surface area contributed by atoms with Gasteiger partial charge in [-0.05, 0) is 45.4 Å². The van der Waals surface area contributed by atoms with Gasteiger partial charge in [-0.1, -0.05) is 18.1 Å². The summed E-state index contributed by atoms with van der Waals surface area (Å²) in [6.45, 7) is 2.15. The molecule has 0 aromatic heterocycles. The third kappa shape index (κ3) is 2.84. The highest BCUT2D eigenvalue weighted by Gasteiger charge is 2.31. The molecule has 1 saturated heterocycles. The maximum atomic E-state index is 5.93. The lowest BCUT2D eigenvalue weighted by Crippen LogP contribution is -2.45. The molecule has 0 spiro atoms. The van der Waals surface area contributed by atoms with Gasteiger partial charge >= 0.3 is 0 Å². The van der Waals surface area contributed by atoms with Gasteiger partial charge in [0.1, 0.15) is 0 Å². The number of nitrogens with one attached hydrogen (secondary N) is 1. The van der Waals surface area contributed by atoms with E-state index in [1.165, 1.54) is 37.7 Å². The molecular weight excluding hydrogens is 200 g/mol. The van der Waals surface area contributed by atoms with Gasteiger partial charge < -0.3 is 4.74 Å². The van der Waals surface area contributed by atoms with Gasteiger partial charge in [-0.15, -0.1) is 0 Å². The van der Waals surface area contributed by atoms with E-state index in [1.54, 1.807) is 0 Å². The second kappa shape index (κ2) is 5.80. The number of ether oxygens (including phenoxy) is 1. The molecule has 3 nitrogen and oxygen atoms in total. The fourth-order valence-corrected chi connectivity index (χ4v) is 2.85. The van der Waals surface area contributed by atoms with Crippen LogP contribution in [0.25, 0.3) is 0 Å². The van der Waals surface area contributed by atoms with Gasteiger partial charge in [-0.3, -0.25) is 11.3 Å². The van der Waals surface area contributed by atoms with Crippen molar-refractivity contribution in [3.05, 3.63) is 11.6 Å². The Bertz CT molecular complexity index is 252. The Kier molecular flexibility index (Phi) is 4.38. The average molecular weight is 224 g/mol. The highest BCUT2D eigenvalue weighted by Crippen LogP contribution is 2.28. The van der Waals surface area contributed by atoms with Crippen LogP contribution in [0.1, 0.15) is 51.9 Å². The molecule has 0 aromatic carbocycles. The Morgan fingerprint density at radius 3 is 2.94 bits per heavy atom. The Labute approximate surface area is 98.4 Å². The summed E-state index contributed by atoms with van der Waals surface area (Å²) in [6, 6.07) is 0.239. The predicted octanol–water partition coefficient (Wildman–Crippen LogP) is 2.28. The van der Waals surface area contributed by atoms with Gasteiger partial charge in [0.15, 0.2) is 0 Å². The number of hydrazine groups is 1. The smallest absolute Gasteiger partial charge is 0.0784 e. The third-order valence-electron chi connectivity index (χ3n) is 3.79. The van der Waals surface area contributed by atoms with E-state index in [9.17, 15) is 0 Å². The van der Waals surface area contributed by atoms with Crippen molar-refractivity contribution in [2.75, 3.05) is 0 Å². The zero-order chi connectivity index (χ0) is 11.4. The second-order valence-electron chi connectivity index (χ2n) is 5.09. The van der Waals surface area contributed by atoms with Crippen molar-refractivity contribution in [1.29, 1.82) is 0 Å². The number of allylic oxidation sites excluding steroid dienone is 1. The maximum Gasteiger partial charge on any atom is 0.0784 e. The minimum Gasteiger partial charge on any atom is -0.373 e. The van der Waals surface area contributed by atoms with Crippen LogP contribution in [0.15, 0.2) is 11.6 Å². The van der Waals surface area contributed by atoms with Gasteiger partial charge in [-0.25, -0.2) is 0 Å². The summed E-state index contributed by atoms with van der Waals surface area (Å²) in [5.41, 5.74) is 4.44. The van der Waals surface area contributed by atoms with Gasteiger partial charge in [0.05, 0.1) is 18.2 Å². The molecule has 92 valence electrons. The summed E-state index contributed by atoms with van der Waals surface area (Å²) in [5, 5.41) is 0. The van der Waals surface area contributed by atoms with E-state index in [-0.39, 0.29) is 12.1 Å². The molecule has 1 fully saturated rings. The summed E-state index contributed by atoms with van der Waals surface area (Å²) in [4.78, 5) is 0. The maximum absolute atomic E-state index is 5.93. The van der Waals surface area contributed by atoms with Crippen LogP contribution in [-0.2, 0) is 4.74 Å². The summed E-state index contributed by atoms with van der Waals surface area (Å²) < 4.78 is 5.93. The van der Waals surface area contributed by atoms with E-state index in [1.807, 2.05) is 0 Å². The minimum absolute atomic E-state index is 0.239. The zero-order valence-corrected chi connectivity index (χ0v) is 10.2. The van der Waals surface area contributed by atoms with Crippen molar-refractivity contribution in [3.8, 4) is 0 Å². The van der Waals surface area contributed by atoms with E-state index < -0.39 is 0 Å². The number of rotatable bonds is 3. The molecule has 0 amide bonds. The molecule has 2 rings (SSSR count). The summed E-state index contributed by atoms with van der Waals surface area (Å²) >= 11 is 0. The van der Waals surface area contributed by atoms with E-state index >= 15 is 0 Å². The van der Waals surface area contributed by atoms with E-state index in [0.717, 1.165) is 12.8 Å². The van der Waals surface area contributed by atoms with Crippen molar-refractivity contribution < 1.29 is 4.74 Å². The molecule has 3 unspecified atom stereocenters. The first-order valence-electron chi connectivity index (χ1n) is 6.62. The fraction of sp³-hybridized carbons (Fsp3) is 0.846. The number of hydrogen-bond acceptors (Lipinski definition) is 3. The van der Waals surface area contributed by atoms with Crippen molar-refractivity contribution in [1.82, 2.24) is 5.43 Å². The van der Waals surface area contributed by atoms with Crippen LogP contribution in [0, 0.1) is 0 Å². The van der Waals surface area contributed by atoms with Gasteiger partial charge in [0, 0.05) is 0 Å². The molecule has 1 aliphatic heterocycles. The van der Waals surface area contributed by atoms with Crippen LogP contribution in [0.4, 0.5) is 0 Å². The molecule has 1 heterocycles. The number of hydrogen-bond donors (Lipinski definition) is 2. The Balaban J connectivity index is 2.00. The van der Waals surface area contributed by atoms with Crippen molar-refractivity contribution in [3.63, 3.8) is 0 Å². The lowest BCUT2D eigenvalue weighted by Gasteiger charge is -2.25. The largest absolute Gasteiger partial charge is 0.373 e. The van der Waals surface area contributed by atoms with Crippen LogP contribution in [0.3, 0.4) is 0 Å². The van der Waals surface area contributed by atoms with Crippen LogP contribution in [-0.4, -0.2) is 18.2 Å². The Hall–Kier alpha value is -0.380. The highest BCUT2D eigenvalue weighted by molar-refractivity contribution is 5.14. The van der Waals surface area contributed by atoms with Gasteiger partial charge in [0.25, 0.3) is 0 Å². The standard InChI is InChI=1S/C13H24N2O/c1-10-8-9-12(16-10)13(15-14)11-6-4-2-3-5-7-11/h6,10,12-13,15H,2-5,7-9,14H2,1H3. The van der Waals surface area contributed by atoms with E-state index in [2.05, 4.69) is 18.4 Å². The zero-order valence-electron chi connectivity index (χ0n) is 10.2. The molecule has 3 heteroatoms. The molecule has 0 aromatic rings. The molecular formula is C13H24N2O. The van der Waals surface area contributed by atoms with Crippen molar-refractivity contribution in [2.45, 2.75) is 70.1 Å². The van der Waals surface area contributed by atoms with Crippen molar-refractivity contribution in [2.24, 2.45) is 5.84 Å². The minimum atomic E-state index is 0.239. The fourth-order valence-electron chi connectivity index (χ4n) is 2.85. The van der Waals surface area contributed by atoms with Crippen LogP contribution >= 0.6 is 0 Å². The molecule has 0 radical (unpaired) electrons. The van der Waals surface area contributed by atoms with Crippen LogP contribution in [0.5, 0.6) is 0 Å². The van der Waals surface area contributed by atoms with Crippen molar-refractivity contribution >= 4 is 0 Å². The first-order valence-corrected chi connectivity index (χ1v) is 6.62. The molecule has 3 N–H and O–H groups in total. The molecule has 0 saturated carbocycles. The average Bonchev–Trinajstić information content (AvgIpc) is 2.55. The molecule has 3 atom stereocenters. The van der Waals surface area contributed by atoms with E-state index in [0.29, 0.717) is 6.10 Å². The van der Waals surface area contributed by atoms with Gasteiger partial charge in [0.2, 0.25) is 0 Å². The lowest BCUT2D eigenvalue weighted by atomic mass is 9.96. The Morgan fingerprint density at radius 1 is 1.38 bits per heavy atom. The topological polar surface area (TPSA) is 47.3 Å². The number of nitrogens with two attached hydrogens (primary N) is 1. The monoisotopic (exact) mass is 224 g/mol. The second-order valence-corrected chi connectivity index (χ2v) is 5.09. The first kappa shape index (κ1) is 12.1. The molecule has 2 aliphatic rings.